The molecule has 0 aliphatic rings. The van der Waals surface area contributed by atoms with Crippen LogP contribution < -0.4 is 16.6 Å². The van der Waals surface area contributed by atoms with Gasteiger partial charge in [0.15, 0.2) is 0 Å². The van der Waals surface area contributed by atoms with Crippen molar-refractivity contribution in [2.75, 3.05) is 12.4 Å². The highest BCUT2D eigenvalue weighted by Gasteiger charge is 2.16. The van der Waals surface area contributed by atoms with Crippen molar-refractivity contribution in [1.29, 1.82) is 5.41 Å². The predicted molar refractivity (Wildman–Crippen MR) is 123 cm³/mol. The fourth-order valence-electron chi connectivity index (χ4n) is 2.88. The van der Waals surface area contributed by atoms with E-state index in [2.05, 4.69) is 15.2 Å². The molecule has 1 heterocycles. The number of esters is 1. The van der Waals surface area contributed by atoms with E-state index in [0.29, 0.717) is 22.5 Å². The van der Waals surface area contributed by atoms with Crippen LogP contribution in [-0.4, -0.2) is 34.6 Å². The summed E-state index contributed by atoms with van der Waals surface area (Å²) in [5.41, 5.74) is 7.73. The predicted octanol–water partition coefficient (Wildman–Crippen LogP) is 2.12. The Balaban J connectivity index is 0.00000363. The number of nitrogens with two attached hydrogens (primary N) is 1. The van der Waals surface area contributed by atoms with Crippen molar-refractivity contribution in [3.63, 3.8) is 0 Å². The van der Waals surface area contributed by atoms with E-state index in [0.717, 1.165) is 10.2 Å². The van der Waals surface area contributed by atoms with Crippen LogP contribution in [0.15, 0.2) is 59.4 Å². The van der Waals surface area contributed by atoms with Crippen LogP contribution in [-0.2, 0) is 23.0 Å². The van der Waals surface area contributed by atoms with E-state index in [9.17, 15) is 14.4 Å². The number of hydrogen-bond donors (Lipinski definition) is 3. The molecule has 3 aromatic rings. The smallest absolute Gasteiger partial charge is 0.309 e. The number of benzene rings is 2. The molecule has 0 fully saturated rings. The van der Waals surface area contributed by atoms with Gasteiger partial charge in [-0.2, -0.15) is 5.10 Å². The third kappa shape index (κ3) is 5.58. The van der Waals surface area contributed by atoms with E-state index in [1.165, 1.54) is 20.2 Å². The van der Waals surface area contributed by atoms with Crippen LogP contribution in [0, 0.1) is 5.41 Å². The molecule has 9 nitrogen and oxygen atoms in total. The normalized spacial score (nSPS) is 10.1. The summed E-state index contributed by atoms with van der Waals surface area (Å²) >= 11 is 0. The molecule has 32 heavy (non-hydrogen) atoms. The highest BCUT2D eigenvalue weighted by Crippen LogP contribution is 2.18. The molecule has 0 spiro atoms. The maximum Gasteiger partial charge on any atom is 0.309 e. The molecule has 10 heteroatoms. The number of anilines is 1. The molecule has 0 aliphatic heterocycles. The largest absolute Gasteiger partial charge is 0.469 e. The quantitative estimate of drug-likeness (QED) is 0.295. The maximum absolute atomic E-state index is 12.8. The number of ether oxygens (including phenoxy) is 1. The summed E-state index contributed by atoms with van der Waals surface area (Å²) in [5, 5.41) is 14.4. The molecule has 0 bridgehead atoms. The molecular formula is C22H22ClN5O4. The van der Waals surface area contributed by atoms with Gasteiger partial charge in [-0.25, -0.2) is 4.68 Å². The standard InChI is InChI=1S/C22H21N5O4.ClH/c1-27-22(30)17(12-18(26-27)14-5-7-15(8-6-14)20(23)24)21(29)25-16-9-3-13(4-10-16)11-19(28)31-2;/h3-10,12H,11H2,1-2H3,(H3,23,24)(H,25,29);1H. The highest BCUT2D eigenvalue weighted by molar-refractivity contribution is 6.04. The first kappa shape index (κ1) is 24.3. The molecule has 1 aromatic heterocycles. The molecule has 0 radical (unpaired) electrons. The fourth-order valence-corrected chi connectivity index (χ4v) is 2.88. The summed E-state index contributed by atoms with van der Waals surface area (Å²) in [5.74, 6) is -0.996. The van der Waals surface area contributed by atoms with Crippen LogP contribution in [0.4, 0.5) is 5.69 Å². The van der Waals surface area contributed by atoms with Crippen LogP contribution in [0.1, 0.15) is 21.5 Å². The average molecular weight is 456 g/mol. The summed E-state index contributed by atoms with van der Waals surface area (Å²) < 4.78 is 5.73. The monoisotopic (exact) mass is 455 g/mol. The molecule has 1 amide bonds. The van der Waals surface area contributed by atoms with Gasteiger partial charge >= 0.3 is 5.97 Å². The van der Waals surface area contributed by atoms with Crippen LogP contribution >= 0.6 is 12.4 Å². The lowest BCUT2D eigenvalue weighted by Gasteiger charge is -2.09. The summed E-state index contributed by atoms with van der Waals surface area (Å²) in [4.78, 5) is 36.6. The zero-order valence-corrected chi connectivity index (χ0v) is 18.2. The van der Waals surface area contributed by atoms with Crippen molar-refractivity contribution >= 4 is 35.8 Å². The second-order valence-corrected chi connectivity index (χ2v) is 6.77. The Morgan fingerprint density at radius 1 is 1.12 bits per heavy atom. The topological polar surface area (TPSA) is 140 Å². The number of rotatable bonds is 6. The van der Waals surface area contributed by atoms with Crippen molar-refractivity contribution < 1.29 is 14.3 Å². The molecule has 3 rings (SSSR count). The number of nitrogens with zero attached hydrogens (tertiary/aromatic N) is 2. The second kappa shape index (κ2) is 10.4. The molecule has 0 saturated carbocycles. The number of halogens is 1. The van der Waals surface area contributed by atoms with E-state index < -0.39 is 11.5 Å². The van der Waals surface area contributed by atoms with Gasteiger partial charge in [0.2, 0.25) is 0 Å². The van der Waals surface area contributed by atoms with Crippen molar-refractivity contribution in [2.45, 2.75) is 6.42 Å². The first-order valence-corrected chi connectivity index (χ1v) is 9.29. The van der Waals surface area contributed by atoms with Crippen LogP contribution in [0.3, 0.4) is 0 Å². The SMILES string of the molecule is COC(=O)Cc1ccc(NC(=O)c2cc(-c3ccc(C(=N)N)cc3)nn(C)c2=O)cc1.Cl. The van der Waals surface area contributed by atoms with Gasteiger partial charge in [0, 0.05) is 23.9 Å². The lowest BCUT2D eigenvalue weighted by molar-refractivity contribution is -0.139. The Morgan fingerprint density at radius 3 is 2.31 bits per heavy atom. The van der Waals surface area contributed by atoms with Gasteiger partial charge in [0.05, 0.1) is 19.2 Å². The summed E-state index contributed by atoms with van der Waals surface area (Å²) in [6.45, 7) is 0. The van der Waals surface area contributed by atoms with Crippen LogP contribution in [0.5, 0.6) is 0 Å². The van der Waals surface area contributed by atoms with E-state index in [-0.39, 0.29) is 36.2 Å². The van der Waals surface area contributed by atoms with Gasteiger partial charge in [-0.05, 0) is 23.8 Å². The maximum atomic E-state index is 12.8. The van der Waals surface area contributed by atoms with E-state index >= 15 is 0 Å². The van der Waals surface area contributed by atoms with Crippen LogP contribution in [0.2, 0.25) is 0 Å². The first-order valence-electron chi connectivity index (χ1n) is 9.29. The third-order valence-corrected chi connectivity index (χ3v) is 4.59. The van der Waals surface area contributed by atoms with Crippen molar-refractivity contribution in [3.05, 3.63) is 81.6 Å². The first-order chi connectivity index (χ1) is 14.8. The van der Waals surface area contributed by atoms with Gasteiger partial charge < -0.3 is 15.8 Å². The van der Waals surface area contributed by atoms with Gasteiger partial charge in [-0.1, -0.05) is 36.4 Å². The van der Waals surface area contributed by atoms with Crippen molar-refractivity contribution in [2.24, 2.45) is 12.8 Å². The number of nitrogens with one attached hydrogen (secondary N) is 2. The number of nitrogen functional groups attached to an aromatic ring is 1. The Bertz CT molecular complexity index is 1200. The summed E-state index contributed by atoms with van der Waals surface area (Å²) in [6, 6.07) is 14.9. The van der Waals surface area contributed by atoms with E-state index in [1.807, 2.05) is 0 Å². The fraction of sp³-hybridized carbons (Fsp3) is 0.136. The second-order valence-electron chi connectivity index (χ2n) is 6.77. The highest BCUT2D eigenvalue weighted by atomic mass is 35.5. The lowest BCUT2D eigenvalue weighted by Crippen LogP contribution is -2.29. The third-order valence-electron chi connectivity index (χ3n) is 4.59. The van der Waals surface area contributed by atoms with E-state index in [1.54, 1.807) is 48.5 Å². The molecule has 0 atom stereocenters. The zero-order chi connectivity index (χ0) is 22.5. The summed E-state index contributed by atoms with van der Waals surface area (Å²) in [7, 11) is 2.78. The Hall–Kier alpha value is -3.98. The average Bonchev–Trinajstić information content (AvgIpc) is 2.76. The van der Waals surface area contributed by atoms with Gasteiger partial charge in [-0.3, -0.25) is 19.8 Å². The Morgan fingerprint density at radius 2 is 1.75 bits per heavy atom. The number of aromatic nitrogens is 2. The van der Waals surface area contributed by atoms with E-state index in [4.69, 9.17) is 11.1 Å². The number of amidine groups is 1. The number of aryl methyl sites for hydroxylation is 1. The van der Waals surface area contributed by atoms with Gasteiger partial charge in [0.1, 0.15) is 11.4 Å². The molecular weight excluding hydrogens is 434 g/mol. The minimum absolute atomic E-state index is 0. The molecule has 0 saturated heterocycles. The van der Waals surface area contributed by atoms with Crippen molar-refractivity contribution in [1.82, 2.24) is 9.78 Å². The zero-order valence-electron chi connectivity index (χ0n) is 17.4. The minimum atomic E-state index is -0.578. The van der Waals surface area contributed by atoms with Gasteiger partial charge in [0.25, 0.3) is 11.5 Å². The molecule has 2 aromatic carbocycles. The molecule has 4 N–H and O–H groups in total. The number of carbonyl (C=O) groups is 2. The Labute approximate surface area is 190 Å². The number of amides is 1. The molecule has 166 valence electrons. The minimum Gasteiger partial charge on any atom is -0.469 e. The van der Waals surface area contributed by atoms with Gasteiger partial charge in [-0.15, -0.1) is 12.4 Å². The van der Waals surface area contributed by atoms with Crippen LogP contribution in [0.25, 0.3) is 11.3 Å². The lowest BCUT2D eigenvalue weighted by atomic mass is 10.1. The summed E-state index contributed by atoms with van der Waals surface area (Å²) in [6.07, 6.45) is 0.126. The van der Waals surface area contributed by atoms with Crippen molar-refractivity contribution in [3.8, 4) is 11.3 Å². The molecule has 0 unspecified atom stereocenters. The number of carbonyl (C=O) groups excluding carboxylic acids is 2. The Kier molecular flexibility index (Phi) is 7.86. The number of methoxy groups -OCH3 is 1. The molecule has 0 aliphatic carbocycles. The number of hydrogen-bond acceptors (Lipinski definition) is 6.